The Morgan fingerprint density at radius 2 is 2.00 bits per heavy atom. The maximum Gasteiger partial charge on any atom is 0.419 e. The molecule has 20 heavy (non-hydrogen) atoms. The first kappa shape index (κ1) is 14.5. The third kappa shape index (κ3) is 2.82. The van der Waals surface area contributed by atoms with Gasteiger partial charge in [0.15, 0.2) is 0 Å². The van der Waals surface area contributed by atoms with E-state index >= 15 is 0 Å². The minimum Gasteiger partial charge on any atom is -0.443 e. The minimum absolute atomic E-state index is 0.0219. The molecular weight excluding hydrogens is 328 g/mol. The molecule has 0 unspecified atom stereocenters. The Morgan fingerprint density at radius 1 is 1.35 bits per heavy atom. The summed E-state index contributed by atoms with van der Waals surface area (Å²) in [5.41, 5.74) is -0.0866. The van der Waals surface area contributed by atoms with E-state index in [2.05, 4.69) is 15.9 Å². The quantitative estimate of drug-likeness (QED) is 0.578. The molecular formula is C13H13BrN2O4. The number of nitrogens with zero attached hydrogens (tertiary/aromatic N) is 2. The smallest absolute Gasteiger partial charge is 0.419 e. The van der Waals surface area contributed by atoms with Gasteiger partial charge in [-0.05, 0) is 48.8 Å². The number of hydrogen-bond acceptors (Lipinski definition) is 4. The SMILES string of the molecule is CC(C)(C)OC(=O)n1c(Br)cc2cc([N+](=O)[O-])ccc21. The van der Waals surface area contributed by atoms with E-state index in [9.17, 15) is 14.9 Å². The van der Waals surface area contributed by atoms with Crippen LogP contribution < -0.4 is 0 Å². The van der Waals surface area contributed by atoms with Crippen LogP contribution in [0.5, 0.6) is 0 Å². The van der Waals surface area contributed by atoms with Crippen LogP contribution in [0.2, 0.25) is 0 Å². The van der Waals surface area contributed by atoms with Crippen molar-refractivity contribution in [2.45, 2.75) is 26.4 Å². The van der Waals surface area contributed by atoms with Crippen molar-refractivity contribution in [1.29, 1.82) is 0 Å². The summed E-state index contributed by atoms with van der Waals surface area (Å²) in [6.07, 6.45) is -0.534. The number of ether oxygens (including phenoxy) is 1. The minimum atomic E-state index is -0.617. The number of non-ortho nitro benzene ring substituents is 1. The Kier molecular flexibility index (Phi) is 3.56. The van der Waals surface area contributed by atoms with Crippen LogP contribution in [0.3, 0.4) is 0 Å². The highest BCUT2D eigenvalue weighted by atomic mass is 79.9. The number of benzene rings is 1. The van der Waals surface area contributed by atoms with E-state index in [1.165, 1.54) is 22.8 Å². The van der Waals surface area contributed by atoms with Crippen molar-refractivity contribution >= 4 is 38.6 Å². The topological polar surface area (TPSA) is 74.4 Å². The van der Waals surface area contributed by atoms with Gasteiger partial charge in [0.1, 0.15) is 5.60 Å². The molecule has 0 radical (unpaired) electrons. The van der Waals surface area contributed by atoms with E-state index in [1.807, 2.05) is 0 Å². The fourth-order valence-electron chi connectivity index (χ4n) is 1.78. The van der Waals surface area contributed by atoms with Crippen molar-refractivity contribution < 1.29 is 14.5 Å². The molecule has 0 N–H and O–H groups in total. The Hall–Kier alpha value is -1.89. The number of rotatable bonds is 1. The van der Waals surface area contributed by atoms with Crippen molar-refractivity contribution in [3.05, 3.63) is 39.0 Å². The molecule has 0 saturated heterocycles. The van der Waals surface area contributed by atoms with Gasteiger partial charge in [0.05, 0.1) is 15.0 Å². The van der Waals surface area contributed by atoms with Gasteiger partial charge in [0.2, 0.25) is 0 Å². The first-order valence-corrected chi connectivity index (χ1v) is 6.67. The Morgan fingerprint density at radius 3 is 2.55 bits per heavy atom. The molecule has 0 fully saturated rings. The number of nitro benzene ring substituents is 1. The molecule has 0 aliphatic heterocycles. The lowest BCUT2D eigenvalue weighted by Gasteiger charge is -2.20. The highest BCUT2D eigenvalue weighted by molar-refractivity contribution is 9.10. The summed E-state index contributed by atoms with van der Waals surface area (Å²) in [6.45, 7) is 5.32. The summed E-state index contributed by atoms with van der Waals surface area (Å²) < 4.78 is 7.13. The predicted molar refractivity (Wildman–Crippen MR) is 77.9 cm³/mol. The van der Waals surface area contributed by atoms with Gasteiger partial charge in [-0.15, -0.1) is 0 Å². The van der Waals surface area contributed by atoms with Gasteiger partial charge in [-0.25, -0.2) is 9.36 Å². The molecule has 106 valence electrons. The Balaban J connectivity index is 2.52. The lowest BCUT2D eigenvalue weighted by Crippen LogP contribution is -2.27. The molecule has 0 spiro atoms. The summed E-state index contributed by atoms with van der Waals surface area (Å²) in [5.74, 6) is 0. The number of halogens is 1. The maximum atomic E-state index is 12.2. The van der Waals surface area contributed by atoms with Gasteiger partial charge >= 0.3 is 6.09 Å². The standard InChI is InChI=1S/C13H13BrN2O4/c1-13(2,3)20-12(17)15-10-5-4-9(16(18)19)6-8(10)7-11(15)14/h4-7H,1-3H3. The molecule has 1 aromatic carbocycles. The van der Waals surface area contributed by atoms with Crippen molar-refractivity contribution in [3.63, 3.8) is 0 Å². The molecule has 2 aromatic rings. The van der Waals surface area contributed by atoms with Crippen LogP contribution in [-0.4, -0.2) is 21.2 Å². The number of fused-ring (bicyclic) bond motifs is 1. The van der Waals surface area contributed by atoms with Gasteiger partial charge in [-0.1, -0.05) is 0 Å². The van der Waals surface area contributed by atoms with Gasteiger partial charge in [0.25, 0.3) is 5.69 Å². The van der Waals surface area contributed by atoms with Crippen molar-refractivity contribution in [2.24, 2.45) is 0 Å². The largest absolute Gasteiger partial charge is 0.443 e. The van der Waals surface area contributed by atoms with E-state index in [4.69, 9.17) is 4.74 Å². The highest BCUT2D eigenvalue weighted by Gasteiger charge is 2.22. The number of nitro groups is 1. The van der Waals surface area contributed by atoms with Crippen molar-refractivity contribution in [3.8, 4) is 0 Å². The summed E-state index contributed by atoms with van der Waals surface area (Å²) in [4.78, 5) is 22.4. The first-order valence-electron chi connectivity index (χ1n) is 5.88. The van der Waals surface area contributed by atoms with E-state index in [1.54, 1.807) is 26.8 Å². The van der Waals surface area contributed by atoms with Gasteiger partial charge < -0.3 is 4.74 Å². The second-order valence-corrected chi connectivity index (χ2v) is 6.10. The summed E-state index contributed by atoms with van der Waals surface area (Å²) in [6, 6.07) is 5.95. The number of hydrogen-bond donors (Lipinski definition) is 0. The van der Waals surface area contributed by atoms with Gasteiger partial charge in [0, 0.05) is 17.5 Å². The Labute approximate surface area is 123 Å². The lowest BCUT2D eigenvalue weighted by atomic mass is 10.2. The second kappa shape index (κ2) is 4.90. The van der Waals surface area contributed by atoms with Crippen molar-refractivity contribution in [1.82, 2.24) is 4.57 Å². The van der Waals surface area contributed by atoms with Crippen LogP contribution >= 0.6 is 15.9 Å². The van der Waals surface area contributed by atoms with Crippen LogP contribution in [0.15, 0.2) is 28.9 Å². The molecule has 0 amide bonds. The first-order chi connectivity index (χ1) is 9.19. The third-order valence-corrected chi connectivity index (χ3v) is 3.11. The van der Waals surface area contributed by atoms with E-state index in [0.717, 1.165) is 0 Å². The van der Waals surface area contributed by atoms with E-state index < -0.39 is 16.6 Å². The van der Waals surface area contributed by atoms with Gasteiger partial charge in [-0.2, -0.15) is 0 Å². The Bertz CT molecular complexity index is 700. The van der Waals surface area contributed by atoms with Crippen LogP contribution in [0.25, 0.3) is 10.9 Å². The van der Waals surface area contributed by atoms with Crippen LogP contribution in [-0.2, 0) is 4.74 Å². The van der Waals surface area contributed by atoms with Crippen LogP contribution in [0.4, 0.5) is 10.5 Å². The summed E-state index contributed by atoms with van der Waals surface area (Å²) >= 11 is 3.27. The molecule has 1 aromatic heterocycles. The monoisotopic (exact) mass is 340 g/mol. The zero-order valence-corrected chi connectivity index (χ0v) is 12.8. The summed E-state index contributed by atoms with van der Waals surface area (Å²) in [5, 5.41) is 11.3. The molecule has 2 rings (SSSR count). The fraction of sp³-hybridized carbons (Fsp3) is 0.308. The van der Waals surface area contributed by atoms with E-state index in [-0.39, 0.29) is 5.69 Å². The fourth-order valence-corrected chi connectivity index (χ4v) is 2.36. The lowest BCUT2D eigenvalue weighted by molar-refractivity contribution is -0.384. The van der Waals surface area contributed by atoms with Gasteiger partial charge in [-0.3, -0.25) is 10.1 Å². The molecule has 0 aliphatic rings. The normalized spacial score (nSPS) is 11.6. The van der Waals surface area contributed by atoms with Crippen molar-refractivity contribution in [2.75, 3.05) is 0 Å². The summed E-state index contributed by atoms with van der Waals surface area (Å²) in [7, 11) is 0. The predicted octanol–water partition coefficient (Wildman–Crippen LogP) is 4.10. The van der Waals surface area contributed by atoms with Crippen LogP contribution in [0.1, 0.15) is 20.8 Å². The molecule has 1 heterocycles. The number of carbonyl (C=O) groups is 1. The zero-order valence-electron chi connectivity index (χ0n) is 11.2. The molecule has 0 saturated carbocycles. The molecule has 7 heteroatoms. The van der Waals surface area contributed by atoms with Crippen LogP contribution in [0, 0.1) is 10.1 Å². The molecule has 6 nitrogen and oxygen atoms in total. The average Bonchev–Trinajstić information content (AvgIpc) is 2.61. The highest BCUT2D eigenvalue weighted by Crippen LogP contribution is 2.28. The zero-order chi connectivity index (χ0) is 15.1. The number of aromatic nitrogens is 1. The van der Waals surface area contributed by atoms with E-state index in [0.29, 0.717) is 15.5 Å². The molecule has 0 aliphatic carbocycles. The number of carbonyl (C=O) groups excluding carboxylic acids is 1. The second-order valence-electron chi connectivity index (χ2n) is 5.28. The maximum absolute atomic E-state index is 12.2. The third-order valence-electron chi connectivity index (χ3n) is 2.53. The molecule has 0 atom stereocenters. The molecule has 0 bridgehead atoms. The average molecular weight is 341 g/mol.